The number of rotatable bonds is 8. The van der Waals surface area contributed by atoms with Gasteiger partial charge in [0.15, 0.2) is 5.82 Å². The molecule has 1 aromatic heterocycles. The van der Waals surface area contributed by atoms with Crippen LogP contribution in [0.4, 0.5) is 5.69 Å². The summed E-state index contributed by atoms with van der Waals surface area (Å²) in [5.74, 6) is 1.37. The molecular formula is C25H33N5O. The number of piperazine rings is 1. The van der Waals surface area contributed by atoms with Gasteiger partial charge in [0, 0.05) is 44.0 Å². The van der Waals surface area contributed by atoms with Crippen LogP contribution in [-0.4, -0.2) is 79.2 Å². The summed E-state index contributed by atoms with van der Waals surface area (Å²) in [6, 6.07) is 16.7. The topological polar surface area (TPSA) is 44.7 Å². The highest BCUT2D eigenvalue weighted by Crippen LogP contribution is 2.28. The van der Waals surface area contributed by atoms with Crippen molar-refractivity contribution in [2.45, 2.75) is 13.8 Å². The van der Waals surface area contributed by atoms with Gasteiger partial charge in [-0.25, -0.2) is 4.98 Å². The second-order valence-corrected chi connectivity index (χ2v) is 8.08. The number of para-hydroxylation sites is 1. The molecule has 1 saturated heterocycles. The first-order chi connectivity index (χ1) is 15.2. The van der Waals surface area contributed by atoms with E-state index in [1.165, 1.54) is 5.69 Å². The van der Waals surface area contributed by atoms with Crippen molar-refractivity contribution in [3.63, 3.8) is 0 Å². The van der Waals surface area contributed by atoms with E-state index in [9.17, 15) is 0 Å². The molecule has 1 fully saturated rings. The van der Waals surface area contributed by atoms with Crippen LogP contribution in [0.1, 0.15) is 13.8 Å². The third-order valence-corrected chi connectivity index (χ3v) is 6.10. The number of anilines is 1. The fraction of sp³-hybridized carbons (Fsp3) is 0.440. The molecule has 2 aromatic carbocycles. The van der Waals surface area contributed by atoms with Crippen LogP contribution in [0, 0.1) is 0 Å². The van der Waals surface area contributed by atoms with E-state index in [0.29, 0.717) is 18.3 Å². The summed E-state index contributed by atoms with van der Waals surface area (Å²) >= 11 is 0. The zero-order valence-electron chi connectivity index (χ0n) is 18.9. The Bertz CT molecular complexity index is 979. The molecule has 0 atom stereocenters. The molecule has 0 amide bonds. The minimum atomic E-state index is 0.616. The predicted octanol–water partition coefficient (Wildman–Crippen LogP) is 3.77. The monoisotopic (exact) mass is 419 g/mol. The zero-order chi connectivity index (χ0) is 21.6. The average molecular weight is 420 g/mol. The zero-order valence-corrected chi connectivity index (χ0v) is 18.9. The summed E-state index contributed by atoms with van der Waals surface area (Å²) in [6.07, 6.45) is 0. The van der Waals surface area contributed by atoms with E-state index in [1.54, 1.807) is 0 Å². The van der Waals surface area contributed by atoms with Crippen molar-refractivity contribution < 1.29 is 4.74 Å². The van der Waals surface area contributed by atoms with E-state index >= 15 is 0 Å². The Balaban J connectivity index is 1.56. The summed E-state index contributed by atoms with van der Waals surface area (Å²) in [6.45, 7) is 12.2. The lowest BCUT2D eigenvalue weighted by Gasteiger charge is -2.34. The highest BCUT2D eigenvalue weighted by Gasteiger charge is 2.15. The molecule has 31 heavy (non-hydrogen) atoms. The maximum Gasteiger partial charge on any atom is 0.225 e. The quantitative estimate of drug-likeness (QED) is 0.554. The molecule has 0 aliphatic carbocycles. The Kier molecular flexibility index (Phi) is 6.99. The maximum atomic E-state index is 6.14. The Hall–Kier alpha value is -2.70. The third kappa shape index (κ3) is 5.14. The van der Waals surface area contributed by atoms with E-state index in [-0.39, 0.29) is 0 Å². The first kappa shape index (κ1) is 21.5. The molecule has 1 aliphatic heterocycles. The second-order valence-electron chi connectivity index (χ2n) is 8.08. The van der Waals surface area contributed by atoms with Gasteiger partial charge in [0.25, 0.3) is 0 Å². The molecule has 6 heteroatoms. The first-order valence-electron chi connectivity index (χ1n) is 11.3. The number of hydrogen-bond acceptors (Lipinski definition) is 6. The number of benzene rings is 2. The average Bonchev–Trinajstić information content (AvgIpc) is 2.82. The summed E-state index contributed by atoms with van der Waals surface area (Å²) in [7, 11) is 2.18. The number of nitrogens with zero attached hydrogens (tertiary/aromatic N) is 5. The van der Waals surface area contributed by atoms with Gasteiger partial charge in [-0.1, -0.05) is 26.0 Å². The van der Waals surface area contributed by atoms with Crippen molar-refractivity contribution in [3.8, 4) is 17.3 Å². The minimum absolute atomic E-state index is 0.616. The lowest BCUT2D eigenvalue weighted by Crippen LogP contribution is -2.44. The van der Waals surface area contributed by atoms with Gasteiger partial charge in [0.05, 0.1) is 10.9 Å². The highest BCUT2D eigenvalue weighted by atomic mass is 16.5. The minimum Gasteiger partial charge on any atom is -0.476 e. The molecule has 1 aliphatic rings. The van der Waals surface area contributed by atoms with Gasteiger partial charge < -0.3 is 19.4 Å². The van der Waals surface area contributed by atoms with Gasteiger partial charge in [-0.15, -0.1) is 0 Å². The van der Waals surface area contributed by atoms with E-state index < -0.39 is 0 Å². The van der Waals surface area contributed by atoms with Crippen LogP contribution < -0.4 is 9.64 Å². The smallest absolute Gasteiger partial charge is 0.225 e. The number of likely N-dealkylation sites (N-methyl/N-ethyl adjacent to an activating group) is 2. The highest BCUT2D eigenvalue weighted by molar-refractivity contribution is 5.85. The lowest BCUT2D eigenvalue weighted by molar-refractivity contribution is 0.219. The largest absolute Gasteiger partial charge is 0.476 e. The van der Waals surface area contributed by atoms with Crippen molar-refractivity contribution in [1.82, 2.24) is 19.8 Å². The Labute approximate surface area is 185 Å². The third-order valence-electron chi connectivity index (χ3n) is 6.10. The number of hydrogen-bond donors (Lipinski definition) is 0. The van der Waals surface area contributed by atoms with Crippen molar-refractivity contribution in [3.05, 3.63) is 48.5 Å². The predicted molar refractivity (Wildman–Crippen MR) is 128 cm³/mol. The van der Waals surface area contributed by atoms with Crippen LogP contribution in [0.3, 0.4) is 0 Å². The molecule has 0 unspecified atom stereocenters. The van der Waals surface area contributed by atoms with Gasteiger partial charge in [-0.3, -0.25) is 0 Å². The molecule has 0 N–H and O–H groups in total. The van der Waals surface area contributed by atoms with Crippen LogP contribution in [0.2, 0.25) is 0 Å². The van der Waals surface area contributed by atoms with E-state index in [4.69, 9.17) is 14.7 Å². The molecular weight excluding hydrogens is 386 g/mol. The number of fused-ring (bicyclic) bond motifs is 1. The SMILES string of the molecule is CCN(CC)CCOc1nc(-c2ccc(N3CCN(C)CC3)cc2)nc2ccccc12. The summed E-state index contributed by atoms with van der Waals surface area (Å²) in [4.78, 5) is 16.8. The molecule has 0 bridgehead atoms. The van der Waals surface area contributed by atoms with Crippen molar-refractivity contribution in [2.24, 2.45) is 0 Å². The van der Waals surface area contributed by atoms with Gasteiger partial charge in [-0.05, 0) is 56.5 Å². The number of ether oxygens (including phenoxy) is 1. The number of aromatic nitrogens is 2. The Morgan fingerprint density at radius 1 is 0.903 bits per heavy atom. The molecule has 0 radical (unpaired) electrons. The fourth-order valence-corrected chi connectivity index (χ4v) is 3.98. The molecule has 3 aromatic rings. The second kappa shape index (κ2) is 10.1. The molecule has 0 saturated carbocycles. The molecule has 2 heterocycles. The van der Waals surface area contributed by atoms with E-state index in [1.807, 2.05) is 24.3 Å². The summed E-state index contributed by atoms with van der Waals surface area (Å²) < 4.78 is 6.14. The maximum absolute atomic E-state index is 6.14. The van der Waals surface area contributed by atoms with Gasteiger partial charge >= 0.3 is 0 Å². The van der Waals surface area contributed by atoms with Gasteiger partial charge in [0.1, 0.15) is 6.61 Å². The molecule has 4 rings (SSSR count). The normalized spacial score (nSPS) is 15.0. The first-order valence-corrected chi connectivity index (χ1v) is 11.3. The van der Waals surface area contributed by atoms with Crippen molar-refractivity contribution in [1.29, 1.82) is 0 Å². The summed E-state index contributed by atoms with van der Waals surface area (Å²) in [5, 5.41) is 0.958. The van der Waals surface area contributed by atoms with E-state index in [0.717, 1.165) is 62.3 Å². The van der Waals surface area contributed by atoms with Gasteiger partial charge in [-0.2, -0.15) is 4.98 Å². The Morgan fingerprint density at radius 2 is 1.61 bits per heavy atom. The van der Waals surface area contributed by atoms with Crippen molar-refractivity contribution >= 4 is 16.6 Å². The molecule has 164 valence electrons. The van der Waals surface area contributed by atoms with Crippen LogP contribution >= 0.6 is 0 Å². The van der Waals surface area contributed by atoms with Crippen LogP contribution in [0.15, 0.2) is 48.5 Å². The standard InChI is InChI=1S/C25H33N5O/c1-4-29(5-2)18-19-31-25-22-8-6-7-9-23(22)26-24(27-25)20-10-12-21(13-11-20)30-16-14-28(3)15-17-30/h6-13H,4-5,14-19H2,1-3H3. The van der Waals surface area contributed by atoms with E-state index in [2.05, 4.69) is 59.9 Å². The Morgan fingerprint density at radius 3 is 2.32 bits per heavy atom. The van der Waals surface area contributed by atoms with Crippen molar-refractivity contribution in [2.75, 3.05) is 64.4 Å². The summed E-state index contributed by atoms with van der Waals surface area (Å²) in [5.41, 5.74) is 3.18. The lowest BCUT2D eigenvalue weighted by atomic mass is 10.1. The van der Waals surface area contributed by atoms with Gasteiger partial charge in [0.2, 0.25) is 5.88 Å². The van der Waals surface area contributed by atoms with Crippen LogP contribution in [0.25, 0.3) is 22.3 Å². The molecule has 0 spiro atoms. The van der Waals surface area contributed by atoms with Crippen LogP contribution in [0.5, 0.6) is 5.88 Å². The fourth-order valence-electron chi connectivity index (χ4n) is 3.98. The molecule has 6 nitrogen and oxygen atoms in total. The van der Waals surface area contributed by atoms with Crippen LogP contribution in [-0.2, 0) is 0 Å².